The van der Waals surface area contributed by atoms with Crippen molar-refractivity contribution in [1.29, 1.82) is 0 Å². The molecule has 8 heteroatoms. The van der Waals surface area contributed by atoms with Gasteiger partial charge >= 0.3 is 0 Å². The smallest absolute Gasteiger partial charge is 0.243 e. The number of nitrogens with zero attached hydrogens (tertiary/aromatic N) is 2. The van der Waals surface area contributed by atoms with Gasteiger partial charge in [0.1, 0.15) is 11.6 Å². The largest absolute Gasteiger partial charge is 0.356 e. The topological polar surface area (TPSA) is 63.4 Å². The lowest BCUT2D eigenvalue weighted by molar-refractivity contribution is 0.386. The van der Waals surface area contributed by atoms with Crippen molar-refractivity contribution >= 4 is 10.0 Å². The molecule has 0 aliphatic carbocycles. The number of hydrogen-bond acceptors (Lipinski definition) is 4. The zero-order chi connectivity index (χ0) is 18.3. The lowest BCUT2D eigenvalue weighted by Crippen LogP contribution is -2.35. The van der Waals surface area contributed by atoms with Gasteiger partial charge in [0.25, 0.3) is 0 Å². The molecule has 0 unspecified atom stereocenters. The monoisotopic (exact) mass is 376 g/mol. The molecule has 0 amide bonds. The van der Waals surface area contributed by atoms with Gasteiger partial charge in [-0.05, 0) is 48.5 Å². The van der Waals surface area contributed by atoms with Crippen molar-refractivity contribution in [3.05, 3.63) is 71.4 Å². The van der Waals surface area contributed by atoms with Gasteiger partial charge in [-0.2, -0.15) is 4.31 Å². The first-order valence-corrected chi connectivity index (χ1v) is 9.38. The van der Waals surface area contributed by atoms with Crippen LogP contribution >= 0.6 is 0 Å². The number of halogens is 2. The van der Waals surface area contributed by atoms with Gasteiger partial charge < -0.3 is 4.52 Å². The Morgan fingerprint density at radius 2 is 1.58 bits per heavy atom. The number of aromatic nitrogens is 1. The van der Waals surface area contributed by atoms with E-state index in [1.807, 2.05) is 0 Å². The van der Waals surface area contributed by atoms with Crippen molar-refractivity contribution in [2.75, 3.05) is 6.54 Å². The number of benzene rings is 2. The third-order valence-corrected chi connectivity index (χ3v) is 6.22. The molecule has 0 saturated carbocycles. The van der Waals surface area contributed by atoms with Crippen molar-refractivity contribution in [3.63, 3.8) is 0 Å². The number of fused-ring (bicyclic) bond motifs is 1. The summed E-state index contributed by atoms with van der Waals surface area (Å²) in [4.78, 5) is 0.0298. The minimum absolute atomic E-state index is 0.0298. The van der Waals surface area contributed by atoms with E-state index < -0.39 is 15.8 Å². The summed E-state index contributed by atoms with van der Waals surface area (Å²) < 4.78 is 58.6. The van der Waals surface area contributed by atoms with Gasteiger partial charge in [-0.25, -0.2) is 17.2 Å². The van der Waals surface area contributed by atoms with Gasteiger partial charge in [-0.1, -0.05) is 5.16 Å². The SMILES string of the molecule is O=S(=O)(c1ccc(F)cc1)N1CCc2noc(-c3ccc(F)cc3)c2C1. The summed E-state index contributed by atoms with van der Waals surface area (Å²) in [7, 11) is -3.77. The molecule has 0 N–H and O–H groups in total. The third-order valence-electron chi connectivity index (χ3n) is 4.36. The quantitative estimate of drug-likeness (QED) is 0.703. The first kappa shape index (κ1) is 16.9. The number of hydrogen-bond donors (Lipinski definition) is 0. The minimum atomic E-state index is -3.77. The molecule has 4 rings (SSSR count). The Kier molecular flexibility index (Phi) is 4.08. The summed E-state index contributed by atoms with van der Waals surface area (Å²) in [6, 6.07) is 10.5. The van der Waals surface area contributed by atoms with E-state index in [2.05, 4.69) is 5.16 Å². The van der Waals surface area contributed by atoms with E-state index in [0.29, 0.717) is 29.0 Å². The fourth-order valence-corrected chi connectivity index (χ4v) is 4.39. The van der Waals surface area contributed by atoms with E-state index >= 15 is 0 Å². The van der Waals surface area contributed by atoms with Gasteiger partial charge in [0, 0.05) is 30.6 Å². The summed E-state index contributed by atoms with van der Waals surface area (Å²) in [5.74, 6) is -0.441. The maximum atomic E-state index is 13.1. The van der Waals surface area contributed by atoms with Crippen molar-refractivity contribution in [2.24, 2.45) is 0 Å². The Bertz CT molecular complexity index is 1050. The van der Waals surface area contributed by atoms with Gasteiger partial charge in [0.15, 0.2) is 5.76 Å². The predicted octanol–water partition coefficient (Wildman–Crippen LogP) is 3.37. The molecule has 1 aromatic heterocycles. The maximum absolute atomic E-state index is 13.1. The Hall–Kier alpha value is -2.58. The molecule has 134 valence electrons. The fourth-order valence-electron chi connectivity index (χ4n) is 2.98. The van der Waals surface area contributed by atoms with Crippen LogP contribution in [0.1, 0.15) is 11.3 Å². The molecule has 0 saturated heterocycles. The molecular formula is C18H14F2N2O3S. The third kappa shape index (κ3) is 2.91. The Morgan fingerprint density at radius 3 is 2.23 bits per heavy atom. The molecule has 0 spiro atoms. The molecule has 0 atom stereocenters. The van der Waals surface area contributed by atoms with Crippen molar-refractivity contribution in [3.8, 4) is 11.3 Å². The highest BCUT2D eigenvalue weighted by atomic mass is 32.2. The van der Waals surface area contributed by atoms with Gasteiger partial charge in [0.2, 0.25) is 10.0 Å². The molecule has 3 aromatic rings. The molecule has 2 heterocycles. The van der Waals surface area contributed by atoms with Gasteiger partial charge in [-0.15, -0.1) is 0 Å². The first-order valence-electron chi connectivity index (χ1n) is 7.94. The summed E-state index contributed by atoms with van der Waals surface area (Å²) in [6.07, 6.45) is 0.403. The minimum Gasteiger partial charge on any atom is -0.356 e. The van der Waals surface area contributed by atoms with Crippen LogP contribution in [0.2, 0.25) is 0 Å². The van der Waals surface area contributed by atoms with Crippen molar-refractivity contribution in [2.45, 2.75) is 17.9 Å². The second kappa shape index (κ2) is 6.30. The lowest BCUT2D eigenvalue weighted by atomic mass is 10.0. The van der Waals surface area contributed by atoms with Crippen LogP contribution in [0.5, 0.6) is 0 Å². The Balaban J connectivity index is 1.68. The summed E-state index contributed by atoms with van der Waals surface area (Å²) in [6.45, 7) is 0.341. The van der Waals surface area contributed by atoms with E-state index in [1.165, 1.54) is 28.6 Å². The molecule has 0 bridgehead atoms. The second-order valence-electron chi connectivity index (χ2n) is 5.99. The van der Waals surface area contributed by atoms with E-state index in [9.17, 15) is 17.2 Å². The highest BCUT2D eigenvalue weighted by molar-refractivity contribution is 7.89. The zero-order valence-electron chi connectivity index (χ0n) is 13.5. The zero-order valence-corrected chi connectivity index (χ0v) is 14.3. The first-order chi connectivity index (χ1) is 12.4. The summed E-state index contributed by atoms with van der Waals surface area (Å²) in [5, 5.41) is 4.02. The van der Waals surface area contributed by atoms with Crippen LogP contribution in [0.3, 0.4) is 0 Å². The highest BCUT2D eigenvalue weighted by Gasteiger charge is 2.32. The predicted molar refractivity (Wildman–Crippen MR) is 89.6 cm³/mol. The van der Waals surface area contributed by atoms with Crippen LogP contribution < -0.4 is 0 Å². The Labute approximate surface area is 148 Å². The summed E-state index contributed by atoms with van der Waals surface area (Å²) >= 11 is 0. The second-order valence-corrected chi connectivity index (χ2v) is 7.92. The Morgan fingerprint density at radius 1 is 0.962 bits per heavy atom. The lowest BCUT2D eigenvalue weighted by Gasteiger charge is -2.25. The molecule has 2 aromatic carbocycles. The van der Waals surface area contributed by atoms with Crippen LogP contribution in [0.25, 0.3) is 11.3 Å². The molecule has 5 nitrogen and oxygen atoms in total. The van der Waals surface area contributed by atoms with Crippen LogP contribution in [-0.4, -0.2) is 24.4 Å². The highest BCUT2D eigenvalue weighted by Crippen LogP contribution is 2.32. The van der Waals surface area contributed by atoms with Crippen LogP contribution in [0.4, 0.5) is 8.78 Å². The summed E-state index contributed by atoms with van der Waals surface area (Å²) in [5.41, 5.74) is 1.98. The normalized spacial score (nSPS) is 15.0. The van der Waals surface area contributed by atoms with Crippen LogP contribution in [0.15, 0.2) is 57.9 Å². The average Bonchev–Trinajstić information content (AvgIpc) is 3.06. The molecule has 1 aliphatic heterocycles. The molecular weight excluding hydrogens is 362 g/mol. The van der Waals surface area contributed by atoms with Gasteiger partial charge in [-0.3, -0.25) is 0 Å². The molecule has 0 radical (unpaired) electrons. The number of rotatable bonds is 3. The van der Waals surface area contributed by atoms with Crippen molar-refractivity contribution < 1.29 is 21.7 Å². The molecule has 1 aliphatic rings. The van der Waals surface area contributed by atoms with Crippen LogP contribution in [-0.2, 0) is 23.0 Å². The van der Waals surface area contributed by atoms with E-state index in [1.54, 1.807) is 12.1 Å². The van der Waals surface area contributed by atoms with Crippen LogP contribution in [0, 0.1) is 11.6 Å². The van der Waals surface area contributed by atoms with E-state index in [0.717, 1.165) is 12.1 Å². The average molecular weight is 376 g/mol. The van der Waals surface area contributed by atoms with E-state index in [-0.39, 0.29) is 23.8 Å². The molecule has 26 heavy (non-hydrogen) atoms. The fraction of sp³-hybridized carbons (Fsp3) is 0.167. The standard InChI is InChI=1S/C18H14F2N2O3S/c19-13-3-1-12(2-4-13)18-16-11-22(10-9-17(16)21-25-18)26(23,24)15-7-5-14(20)6-8-15/h1-8H,9-11H2. The van der Waals surface area contributed by atoms with Crippen molar-refractivity contribution in [1.82, 2.24) is 9.46 Å². The van der Waals surface area contributed by atoms with E-state index in [4.69, 9.17) is 4.52 Å². The maximum Gasteiger partial charge on any atom is 0.243 e. The number of sulfonamides is 1. The van der Waals surface area contributed by atoms with Gasteiger partial charge in [0.05, 0.1) is 10.6 Å². The molecule has 0 fully saturated rings.